The van der Waals surface area contributed by atoms with Crippen LogP contribution in [0.3, 0.4) is 0 Å². The average Bonchev–Trinajstić information content (AvgIpc) is 2.58. The van der Waals surface area contributed by atoms with E-state index in [1.807, 2.05) is 42.5 Å². The minimum absolute atomic E-state index is 0.322. The Morgan fingerprint density at radius 3 is 1.71 bits per heavy atom. The molecule has 2 aromatic carbocycles. The van der Waals surface area contributed by atoms with Crippen molar-refractivity contribution in [2.75, 3.05) is 13.1 Å². The van der Waals surface area contributed by atoms with E-state index in [4.69, 9.17) is 0 Å². The lowest BCUT2D eigenvalue weighted by atomic mass is 10.0. The van der Waals surface area contributed by atoms with Crippen LogP contribution < -0.4 is 10.6 Å². The number of phenolic OH excluding ortho intramolecular Hbond substituents is 2. The summed E-state index contributed by atoms with van der Waals surface area (Å²) in [5.41, 5.74) is 1.80. The Balaban J connectivity index is 1.76. The van der Waals surface area contributed by atoms with Gasteiger partial charge in [0.05, 0.1) is 0 Å². The van der Waals surface area contributed by atoms with Gasteiger partial charge < -0.3 is 20.8 Å². The first-order valence-corrected chi connectivity index (χ1v) is 8.26. The first-order valence-electron chi connectivity index (χ1n) is 8.26. The van der Waals surface area contributed by atoms with Gasteiger partial charge in [0, 0.05) is 24.2 Å². The molecule has 4 N–H and O–H groups in total. The monoisotopic (exact) mass is 326 g/mol. The molecule has 0 spiro atoms. The van der Waals surface area contributed by atoms with Gasteiger partial charge in [0.1, 0.15) is 11.5 Å². The van der Waals surface area contributed by atoms with Crippen molar-refractivity contribution in [3.05, 3.63) is 72.3 Å². The standard InChI is InChI=1S/C20H26N2O2/c1-2-7-16(12-21-14-17-8-3-5-10-19(17)23)13-22-15-18-9-4-6-11-20(18)24/h2-6,8-11,16,21-24H,1,7,12-15H2. The summed E-state index contributed by atoms with van der Waals surface area (Å²) < 4.78 is 0. The quantitative estimate of drug-likeness (QED) is 0.506. The third-order valence-corrected chi connectivity index (χ3v) is 3.98. The smallest absolute Gasteiger partial charge is 0.120 e. The predicted octanol–water partition coefficient (Wildman–Crippen LogP) is 3.17. The van der Waals surface area contributed by atoms with Gasteiger partial charge in [-0.2, -0.15) is 0 Å². The molecule has 128 valence electrons. The predicted molar refractivity (Wildman–Crippen MR) is 97.9 cm³/mol. The maximum atomic E-state index is 9.78. The second-order valence-electron chi connectivity index (χ2n) is 5.91. The summed E-state index contributed by atoms with van der Waals surface area (Å²) in [5, 5.41) is 26.3. The van der Waals surface area contributed by atoms with E-state index in [2.05, 4.69) is 17.2 Å². The molecule has 0 aromatic heterocycles. The van der Waals surface area contributed by atoms with Crippen LogP contribution in [-0.2, 0) is 13.1 Å². The third-order valence-electron chi connectivity index (χ3n) is 3.98. The van der Waals surface area contributed by atoms with Crippen LogP contribution in [0.2, 0.25) is 0 Å². The highest BCUT2D eigenvalue weighted by molar-refractivity contribution is 5.32. The van der Waals surface area contributed by atoms with Crippen LogP contribution in [-0.4, -0.2) is 23.3 Å². The molecule has 2 aromatic rings. The second kappa shape index (κ2) is 9.75. The summed E-state index contributed by atoms with van der Waals surface area (Å²) in [4.78, 5) is 0. The van der Waals surface area contributed by atoms with Crippen molar-refractivity contribution in [3.63, 3.8) is 0 Å². The number of nitrogens with one attached hydrogen (secondary N) is 2. The Bertz CT molecular complexity index is 592. The molecule has 0 saturated heterocycles. The van der Waals surface area contributed by atoms with Crippen LogP contribution in [0.4, 0.5) is 0 Å². The summed E-state index contributed by atoms with van der Waals surface area (Å²) in [6.45, 7) is 6.76. The van der Waals surface area contributed by atoms with Crippen molar-refractivity contribution in [1.82, 2.24) is 10.6 Å². The van der Waals surface area contributed by atoms with Gasteiger partial charge in [-0.15, -0.1) is 6.58 Å². The van der Waals surface area contributed by atoms with E-state index >= 15 is 0 Å². The van der Waals surface area contributed by atoms with E-state index in [0.717, 1.165) is 30.6 Å². The van der Waals surface area contributed by atoms with Crippen LogP contribution in [0.25, 0.3) is 0 Å². The van der Waals surface area contributed by atoms with E-state index in [0.29, 0.717) is 30.5 Å². The molecule has 2 rings (SSSR count). The summed E-state index contributed by atoms with van der Waals surface area (Å²) in [7, 11) is 0. The van der Waals surface area contributed by atoms with Gasteiger partial charge in [-0.05, 0) is 37.6 Å². The summed E-state index contributed by atoms with van der Waals surface area (Å²) in [6.07, 6.45) is 2.83. The van der Waals surface area contributed by atoms with Crippen molar-refractivity contribution in [3.8, 4) is 11.5 Å². The first kappa shape index (κ1) is 18.0. The fourth-order valence-corrected chi connectivity index (χ4v) is 2.62. The van der Waals surface area contributed by atoms with Gasteiger partial charge in [-0.3, -0.25) is 0 Å². The number of allylic oxidation sites excluding steroid dienone is 1. The lowest BCUT2D eigenvalue weighted by Crippen LogP contribution is -2.30. The molecule has 0 heterocycles. The number of hydrogen-bond donors (Lipinski definition) is 4. The topological polar surface area (TPSA) is 64.5 Å². The molecule has 24 heavy (non-hydrogen) atoms. The molecule has 0 fully saturated rings. The van der Waals surface area contributed by atoms with Gasteiger partial charge in [0.2, 0.25) is 0 Å². The summed E-state index contributed by atoms with van der Waals surface area (Å²) >= 11 is 0. The largest absolute Gasteiger partial charge is 0.508 e. The summed E-state index contributed by atoms with van der Waals surface area (Å²) in [6, 6.07) is 14.7. The number of benzene rings is 2. The lowest BCUT2D eigenvalue weighted by Gasteiger charge is -2.17. The molecule has 4 heteroatoms. The number of para-hydroxylation sites is 2. The SMILES string of the molecule is C=CCC(CNCc1ccccc1O)CNCc1ccccc1O. The fourth-order valence-electron chi connectivity index (χ4n) is 2.62. The van der Waals surface area contributed by atoms with E-state index < -0.39 is 0 Å². The maximum Gasteiger partial charge on any atom is 0.120 e. The summed E-state index contributed by atoms with van der Waals surface area (Å²) in [5.74, 6) is 1.05. The first-order chi connectivity index (χ1) is 11.7. The van der Waals surface area contributed by atoms with Gasteiger partial charge >= 0.3 is 0 Å². The number of aromatic hydroxyl groups is 2. The van der Waals surface area contributed by atoms with Crippen molar-refractivity contribution < 1.29 is 10.2 Å². The molecule has 0 aliphatic rings. The molecule has 0 aliphatic carbocycles. The van der Waals surface area contributed by atoms with Gasteiger partial charge in [-0.1, -0.05) is 42.5 Å². The number of phenols is 2. The maximum absolute atomic E-state index is 9.78. The Hall–Kier alpha value is -2.30. The van der Waals surface area contributed by atoms with Crippen molar-refractivity contribution in [2.24, 2.45) is 5.92 Å². The fraction of sp³-hybridized carbons (Fsp3) is 0.300. The van der Waals surface area contributed by atoms with E-state index in [1.165, 1.54) is 0 Å². The van der Waals surface area contributed by atoms with Crippen LogP contribution in [0.1, 0.15) is 17.5 Å². The Labute approximate surface area is 143 Å². The molecule has 0 amide bonds. The van der Waals surface area contributed by atoms with Crippen LogP contribution >= 0.6 is 0 Å². The van der Waals surface area contributed by atoms with Crippen molar-refractivity contribution in [1.29, 1.82) is 0 Å². The molecule has 0 bridgehead atoms. The Morgan fingerprint density at radius 2 is 1.29 bits per heavy atom. The molecule has 0 atom stereocenters. The highest BCUT2D eigenvalue weighted by Gasteiger charge is 2.08. The van der Waals surface area contributed by atoms with E-state index in [1.54, 1.807) is 12.1 Å². The number of hydrogen-bond acceptors (Lipinski definition) is 4. The van der Waals surface area contributed by atoms with Crippen LogP contribution in [0.15, 0.2) is 61.2 Å². The molecule has 0 unspecified atom stereocenters. The molecule has 0 saturated carbocycles. The minimum atomic E-state index is 0.322. The minimum Gasteiger partial charge on any atom is -0.508 e. The third kappa shape index (κ3) is 5.72. The van der Waals surface area contributed by atoms with Crippen LogP contribution in [0.5, 0.6) is 11.5 Å². The van der Waals surface area contributed by atoms with Gasteiger partial charge in [0.15, 0.2) is 0 Å². The van der Waals surface area contributed by atoms with E-state index in [-0.39, 0.29) is 0 Å². The van der Waals surface area contributed by atoms with Gasteiger partial charge in [-0.25, -0.2) is 0 Å². The molecular weight excluding hydrogens is 300 g/mol. The zero-order valence-corrected chi connectivity index (χ0v) is 13.9. The zero-order chi connectivity index (χ0) is 17.2. The second-order valence-corrected chi connectivity index (χ2v) is 5.91. The highest BCUT2D eigenvalue weighted by atomic mass is 16.3. The van der Waals surface area contributed by atoms with Crippen molar-refractivity contribution >= 4 is 0 Å². The zero-order valence-electron chi connectivity index (χ0n) is 13.9. The molecule has 4 nitrogen and oxygen atoms in total. The molecule has 0 aliphatic heterocycles. The number of rotatable bonds is 10. The van der Waals surface area contributed by atoms with Gasteiger partial charge in [0.25, 0.3) is 0 Å². The normalized spacial score (nSPS) is 10.9. The molecular formula is C20H26N2O2. The average molecular weight is 326 g/mol. The highest BCUT2D eigenvalue weighted by Crippen LogP contribution is 2.16. The van der Waals surface area contributed by atoms with E-state index in [9.17, 15) is 10.2 Å². The molecule has 0 radical (unpaired) electrons. The Kier molecular flexibility index (Phi) is 7.33. The lowest BCUT2D eigenvalue weighted by molar-refractivity contribution is 0.428. The van der Waals surface area contributed by atoms with Crippen molar-refractivity contribution in [2.45, 2.75) is 19.5 Å². The van der Waals surface area contributed by atoms with Crippen LogP contribution in [0, 0.1) is 5.92 Å². The Morgan fingerprint density at radius 1 is 0.833 bits per heavy atom.